The molecule has 0 aliphatic heterocycles. The third kappa shape index (κ3) is 2.12. The first-order valence-electron chi connectivity index (χ1n) is 3.54. The second-order valence-electron chi connectivity index (χ2n) is 2.44. The van der Waals surface area contributed by atoms with Crippen LogP contribution in [0.3, 0.4) is 0 Å². The summed E-state index contributed by atoms with van der Waals surface area (Å²) in [4.78, 5) is 3.53. The Morgan fingerprint density at radius 2 is 2.31 bits per heavy atom. The van der Waals surface area contributed by atoms with Gasteiger partial charge in [-0.25, -0.2) is 13.8 Å². The van der Waals surface area contributed by atoms with Crippen LogP contribution in [0.25, 0.3) is 0 Å². The van der Waals surface area contributed by atoms with Crippen molar-refractivity contribution in [1.82, 2.24) is 4.98 Å². The first kappa shape index (κ1) is 9.39. The lowest BCUT2D eigenvalue weighted by Gasteiger charge is -2.05. The molecule has 0 aromatic carbocycles. The van der Waals surface area contributed by atoms with E-state index in [9.17, 15) is 8.78 Å². The molecular formula is C8H7F2N3. The Bertz CT molecular complexity index is 344. The van der Waals surface area contributed by atoms with Crippen molar-refractivity contribution in [2.45, 2.75) is 12.8 Å². The molecular weight excluding hydrogens is 176 g/mol. The van der Waals surface area contributed by atoms with E-state index >= 15 is 0 Å². The zero-order chi connectivity index (χ0) is 9.84. The maximum Gasteiger partial charge on any atom is 0.265 e. The summed E-state index contributed by atoms with van der Waals surface area (Å²) < 4.78 is 24.6. The highest BCUT2D eigenvalue weighted by Crippen LogP contribution is 2.23. The minimum atomic E-state index is -2.61. The Morgan fingerprint density at radius 3 is 2.85 bits per heavy atom. The lowest BCUT2D eigenvalue weighted by molar-refractivity contribution is 0.150. The minimum Gasteiger partial charge on any atom is -0.384 e. The SMILES string of the molecule is N#CCc1cc(N)ncc1C(F)F. The Morgan fingerprint density at radius 1 is 1.62 bits per heavy atom. The van der Waals surface area contributed by atoms with Crippen molar-refractivity contribution in [1.29, 1.82) is 5.26 Å². The van der Waals surface area contributed by atoms with Crippen LogP contribution in [0.4, 0.5) is 14.6 Å². The predicted octanol–water partition coefficient (Wildman–Crippen LogP) is 1.67. The number of halogens is 2. The number of nitrogens with two attached hydrogens (primary N) is 1. The average Bonchev–Trinajstić information content (AvgIpc) is 2.04. The largest absolute Gasteiger partial charge is 0.384 e. The third-order valence-electron chi connectivity index (χ3n) is 1.55. The van der Waals surface area contributed by atoms with Gasteiger partial charge in [0.25, 0.3) is 6.43 Å². The van der Waals surface area contributed by atoms with E-state index in [1.54, 1.807) is 6.07 Å². The van der Waals surface area contributed by atoms with Crippen molar-refractivity contribution in [3.05, 3.63) is 23.4 Å². The smallest absolute Gasteiger partial charge is 0.265 e. The van der Waals surface area contributed by atoms with Crippen LogP contribution in [0.2, 0.25) is 0 Å². The molecule has 0 bridgehead atoms. The van der Waals surface area contributed by atoms with Gasteiger partial charge in [0.05, 0.1) is 12.5 Å². The molecule has 0 fully saturated rings. The van der Waals surface area contributed by atoms with Crippen LogP contribution >= 0.6 is 0 Å². The highest BCUT2D eigenvalue weighted by atomic mass is 19.3. The van der Waals surface area contributed by atoms with Gasteiger partial charge in [-0.2, -0.15) is 5.26 Å². The molecule has 0 saturated carbocycles. The monoisotopic (exact) mass is 183 g/mol. The molecule has 0 aliphatic rings. The van der Waals surface area contributed by atoms with Crippen LogP contribution < -0.4 is 5.73 Å². The standard InChI is InChI=1S/C8H7F2N3/c9-8(10)6-4-13-7(12)3-5(6)1-2-11/h3-4,8H,1H2,(H2,12,13). The Hall–Kier alpha value is -1.70. The number of nitrogens with zero attached hydrogens (tertiary/aromatic N) is 2. The third-order valence-corrected chi connectivity index (χ3v) is 1.55. The number of nitriles is 1. The summed E-state index contributed by atoms with van der Waals surface area (Å²) in [6, 6.07) is 3.09. The number of hydrogen-bond donors (Lipinski definition) is 1. The van der Waals surface area contributed by atoms with Crippen LogP contribution in [-0.2, 0) is 6.42 Å². The van der Waals surface area contributed by atoms with Gasteiger partial charge in [-0.05, 0) is 11.6 Å². The highest BCUT2D eigenvalue weighted by Gasteiger charge is 2.13. The summed E-state index contributed by atoms with van der Waals surface area (Å²) in [7, 11) is 0. The molecule has 3 nitrogen and oxygen atoms in total. The molecule has 5 heteroatoms. The van der Waals surface area contributed by atoms with Gasteiger partial charge in [0.2, 0.25) is 0 Å². The fraction of sp³-hybridized carbons (Fsp3) is 0.250. The number of alkyl halides is 2. The fourth-order valence-electron chi connectivity index (χ4n) is 0.961. The number of hydrogen-bond acceptors (Lipinski definition) is 3. The lowest BCUT2D eigenvalue weighted by Crippen LogP contribution is -1.99. The fourth-order valence-corrected chi connectivity index (χ4v) is 0.961. The number of aromatic nitrogens is 1. The number of anilines is 1. The molecule has 13 heavy (non-hydrogen) atoms. The van der Waals surface area contributed by atoms with E-state index < -0.39 is 6.43 Å². The van der Waals surface area contributed by atoms with Gasteiger partial charge in [-0.3, -0.25) is 0 Å². The molecule has 0 radical (unpaired) electrons. The van der Waals surface area contributed by atoms with Crippen molar-refractivity contribution in [3.63, 3.8) is 0 Å². The predicted molar refractivity (Wildman–Crippen MR) is 42.9 cm³/mol. The van der Waals surface area contributed by atoms with E-state index in [2.05, 4.69) is 4.98 Å². The van der Waals surface area contributed by atoms with Crippen molar-refractivity contribution < 1.29 is 8.78 Å². The zero-order valence-electron chi connectivity index (χ0n) is 6.67. The maximum absolute atomic E-state index is 12.3. The van der Waals surface area contributed by atoms with Crippen molar-refractivity contribution in [3.8, 4) is 6.07 Å². The zero-order valence-corrected chi connectivity index (χ0v) is 6.67. The molecule has 0 amide bonds. The lowest BCUT2D eigenvalue weighted by atomic mass is 10.1. The van der Waals surface area contributed by atoms with Crippen LogP contribution in [0.15, 0.2) is 12.3 Å². The molecule has 0 unspecified atom stereocenters. The minimum absolute atomic E-state index is 0.0770. The quantitative estimate of drug-likeness (QED) is 0.758. The van der Waals surface area contributed by atoms with Gasteiger partial charge in [0.15, 0.2) is 0 Å². The molecule has 1 aromatic heterocycles. The van der Waals surface area contributed by atoms with Crippen molar-refractivity contribution >= 4 is 5.82 Å². The normalized spacial score (nSPS) is 10.0. The van der Waals surface area contributed by atoms with Crippen molar-refractivity contribution in [2.24, 2.45) is 0 Å². The Balaban J connectivity index is 3.12. The molecule has 68 valence electrons. The van der Waals surface area contributed by atoms with E-state index in [1.807, 2.05) is 0 Å². The van der Waals surface area contributed by atoms with E-state index in [0.717, 1.165) is 6.20 Å². The average molecular weight is 183 g/mol. The Labute approximate surface area is 73.8 Å². The van der Waals surface area contributed by atoms with Gasteiger partial charge in [0.1, 0.15) is 5.82 Å². The van der Waals surface area contributed by atoms with Crippen molar-refractivity contribution in [2.75, 3.05) is 5.73 Å². The van der Waals surface area contributed by atoms with Crippen LogP contribution in [-0.4, -0.2) is 4.98 Å². The summed E-state index contributed by atoms with van der Waals surface area (Å²) in [5, 5.41) is 8.36. The molecule has 1 rings (SSSR count). The number of rotatable bonds is 2. The van der Waals surface area contributed by atoms with Gasteiger partial charge in [-0.15, -0.1) is 0 Å². The van der Waals surface area contributed by atoms with Crippen LogP contribution in [0.5, 0.6) is 0 Å². The maximum atomic E-state index is 12.3. The van der Waals surface area contributed by atoms with Gasteiger partial charge in [-0.1, -0.05) is 0 Å². The molecule has 0 spiro atoms. The van der Waals surface area contributed by atoms with E-state index in [4.69, 9.17) is 11.0 Å². The molecule has 1 heterocycles. The molecule has 2 N–H and O–H groups in total. The second-order valence-corrected chi connectivity index (χ2v) is 2.44. The summed E-state index contributed by atoms with van der Waals surface area (Å²) in [6.45, 7) is 0. The topological polar surface area (TPSA) is 62.7 Å². The first-order chi connectivity index (χ1) is 6.15. The molecule has 0 aliphatic carbocycles. The first-order valence-corrected chi connectivity index (χ1v) is 3.54. The van der Waals surface area contributed by atoms with Gasteiger partial charge < -0.3 is 5.73 Å². The summed E-state index contributed by atoms with van der Waals surface area (Å²) in [5.74, 6) is 0.148. The number of nitrogen functional groups attached to an aromatic ring is 1. The summed E-state index contributed by atoms with van der Waals surface area (Å²) >= 11 is 0. The van der Waals surface area contributed by atoms with E-state index in [0.29, 0.717) is 0 Å². The highest BCUT2D eigenvalue weighted by molar-refractivity contribution is 5.38. The van der Waals surface area contributed by atoms with E-state index in [-0.39, 0.29) is 23.4 Å². The summed E-state index contributed by atoms with van der Waals surface area (Å²) in [5.41, 5.74) is 5.31. The van der Waals surface area contributed by atoms with Gasteiger partial charge in [0, 0.05) is 11.8 Å². The molecule has 0 saturated heterocycles. The molecule has 0 atom stereocenters. The molecule has 1 aromatic rings. The summed E-state index contributed by atoms with van der Waals surface area (Å²) in [6.07, 6.45) is -1.68. The van der Waals surface area contributed by atoms with Crippen LogP contribution in [0, 0.1) is 11.3 Å². The Kier molecular flexibility index (Phi) is 2.75. The van der Waals surface area contributed by atoms with E-state index in [1.165, 1.54) is 6.07 Å². The second kappa shape index (κ2) is 3.81. The van der Waals surface area contributed by atoms with Gasteiger partial charge >= 0.3 is 0 Å². The number of pyridine rings is 1. The van der Waals surface area contributed by atoms with Crippen LogP contribution in [0.1, 0.15) is 17.6 Å².